The quantitative estimate of drug-likeness (QED) is 0.335. The minimum atomic E-state index is -0.532. The second-order valence-corrected chi connectivity index (χ2v) is 5.27. The number of hydrogen-bond acceptors (Lipinski definition) is 2. The predicted octanol–water partition coefficient (Wildman–Crippen LogP) is 4.80. The Morgan fingerprint density at radius 3 is 2.50 bits per heavy atom. The van der Waals surface area contributed by atoms with Crippen molar-refractivity contribution < 1.29 is 9.53 Å². The van der Waals surface area contributed by atoms with Crippen LogP contribution in [-0.4, -0.2) is 11.6 Å². The maximum absolute atomic E-state index is 11.7. The van der Waals surface area contributed by atoms with E-state index in [1.54, 1.807) is 6.08 Å². The number of allylic oxidation sites excluding steroid dienone is 2. The van der Waals surface area contributed by atoms with Gasteiger partial charge in [-0.3, -0.25) is 4.79 Å². The first-order valence-corrected chi connectivity index (χ1v) is 6.92. The van der Waals surface area contributed by atoms with E-state index in [1.807, 2.05) is 6.92 Å². The lowest BCUT2D eigenvalue weighted by Crippen LogP contribution is -2.29. The lowest BCUT2D eigenvalue weighted by Gasteiger charge is -2.25. The summed E-state index contributed by atoms with van der Waals surface area (Å²) in [4.78, 5) is 11.7. The molecular weight excluding hydrogens is 224 g/mol. The van der Waals surface area contributed by atoms with Crippen molar-refractivity contribution in [1.82, 2.24) is 0 Å². The van der Waals surface area contributed by atoms with Gasteiger partial charge in [-0.1, -0.05) is 38.0 Å². The normalized spacial score (nSPS) is 13.6. The summed E-state index contributed by atoms with van der Waals surface area (Å²) in [7, 11) is 0. The summed E-state index contributed by atoms with van der Waals surface area (Å²) < 4.78 is 5.53. The summed E-state index contributed by atoms with van der Waals surface area (Å²) in [5.41, 5.74) is 0.755. The van der Waals surface area contributed by atoms with Crippen molar-refractivity contribution in [2.24, 2.45) is 0 Å². The zero-order chi connectivity index (χ0) is 14.0. The molecule has 0 aliphatic heterocycles. The van der Waals surface area contributed by atoms with Gasteiger partial charge in [0.05, 0.1) is 0 Å². The second kappa shape index (κ2) is 8.96. The van der Waals surface area contributed by atoms with Crippen molar-refractivity contribution in [2.45, 2.75) is 71.8 Å². The molecule has 0 amide bonds. The van der Waals surface area contributed by atoms with Gasteiger partial charge in [0.1, 0.15) is 5.60 Å². The molecule has 1 atom stereocenters. The minimum absolute atomic E-state index is 0.108. The molecule has 0 N–H and O–H groups in total. The Kier molecular flexibility index (Phi) is 8.43. The molecule has 0 aromatic rings. The molecule has 2 heteroatoms. The van der Waals surface area contributed by atoms with E-state index in [1.165, 1.54) is 5.57 Å². The molecule has 0 rings (SSSR count). The summed E-state index contributed by atoms with van der Waals surface area (Å²) in [5.74, 6) is -0.108. The van der Waals surface area contributed by atoms with Gasteiger partial charge in [0.15, 0.2) is 0 Å². The van der Waals surface area contributed by atoms with Gasteiger partial charge in [-0.25, -0.2) is 0 Å². The Labute approximate surface area is 112 Å². The van der Waals surface area contributed by atoms with Crippen molar-refractivity contribution in [1.29, 1.82) is 0 Å². The van der Waals surface area contributed by atoms with E-state index in [9.17, 15) is 4.79 Å². The van der Waals surface area contributed by atoms with Crippen LogP contribution in [0.5, 0.6) is 0 Å². The van der Waals surface area contributed by atoms with Gasteiger partial charge >= 0.3 is 5.97 Å². The van der Waals surface area contributed by atoms with Crippen LogP contribution in [0.2, 0.25) is 0 Å². The van der Waals surface area contributed by atoms with E-state index < -0.39 is 5.60 Å². The first kappa shape index (κ1) is 16.9. The highest BCUT2D eigenvalue weighted by molar-refractivity contribution is 5.70. The van der Waals surface area contributed by atoms with Crippen molar-refractivity contribution in [3.63, 3.8) is 0 Å². The Balaban J connectivity index is 4.16. The van der Waals surface area contributed by atoms with Crippen LogP contribution in [0.15, 0.2) is 24.3 Å². The Hall–Kier alpha value is -1.05. The highest BCUT2D eigenvalue weighted by Gasteiger charge is 2.23. The van der Waals surface area contributed by atoms with Crippen LogP contribution in [0.3, 0.4) is 0 Å². The molecule has 1 unspecified atom stereocenters. The van der Waals surface area contributed by atoms with Crippen LogP contribution in [0.4, 0.5) is 0 Å². The summed E-state index contributed by atoms with van der Waals surface area (Å²) in [6.07, 6.45) is 9.23. The number of carbonyl (C=O) groups is 1. The van der Waals surface area contributed by atoms with Crippen molar-refractivity contribution in [3.05, 3.63) is 24.3 Å². The standard InChI is InChI=1S/C16H28O2/c1-6-8-9-12-15(17)18-16(5,7-2)13-10-11-14(3)4/h7,11H,2,6,8-10,12-13H2,1,3-5H3. The van der Waals surface area contributed by atoms with E-state index >= 15 is 0 Å². The Morgan fingerprint density at radius 1 is 1.33 bits per heavy atom. The maximum Gasteiger partial charge on any atom is 0.306 e. The Bertz CT molecular complexity index is 287. The Morgan fingerprint density at radius 2 is 2.00 bits per heavy atom. The third-order valence-electron chi connectivity index (χ3n) is 2.96. The lowest BCUT2D eigenvalue weighted by atomic mass is 9.99. The summed E-state index contributed by atoms with van der Waals surface area (Å²) in [6.45, 7) is 12.0. The van der Waals surface area contributed by atoms with E-state index in [0.717, 1.165) is 32.1 Å². The molecule has 18 heavy (non-hydrogen) atoms. The monoisotopic (exact) mass is 252 g/mol. The molecule has 0 aliphatic rings. The van der Waals surface area contributed by atoms with Crippen LogP contribution in [0.1, 0.15) is 66.2 Å². The molecule has 0 heterocycles. The fraction of sp³-hybridized carbons (Fsp3) is 0.688. The zero-order valence-electron chi connectivity index (χ0n) is 12.4. The second-order valence-electron chi connectivity index (χ2n) is 5.27. The van der Waals surface area contributed by atoms with Gasteiger partial charge < -0.3 is 4.74 Å². The molecule has 0 spiro atoms. The first-order valence-electron chi connectivity index (χ1n) is 6.92. The number of esters is 1. The summed E-state index contributed by atoms with van der Waals surface area (Å²) in [6, 6.07) is 0. The number of carbonyl (C=O) groups excluding carboxylic acids is 1. The average Bonchev–Trinajstić information content (AvgIpc) is 2.28. The van der Waals surface area contributed by atoms with Crippen molar-refractivity contribution >= 4 is 5.97 Å². The van der Waals surface area contributed by atoms with Crippen LogP contribution in [0.25, 0.3) is 0 Å². The van der Waals surface area contributed by atoms with Crippen LogP contribution < -0.4 is 0 Å². The molecular formula is C16H28O2. The van der Waals surface area contributed by atoms with E-state index in [4.69, 9.17) is 4.74 Å². The number of rotatable bonds is 9. The summed E-state index contributed by atoms with van der Waals surface area (Å²) in [5, 5.41) is 0. The van der Waals surface area contributed by atoms with Crippen LogP contribution in [-0.2, 0) is 9.53 Å². The van der Waals surface area contributed by atoms with Crippen LogP contribution >= 0.6 is 0 Å². The molecule has 0 fully saturated rings. The predicted molar refractivity (Wildman–Crippen MR) is 77.5 cm³/mol. The summed E-state index contributed by atoms with van der Waals surface area (Å²) >= 11 is 0. The maximum atomic E-state index is 11.7. The van der Waals surface area contributed by atoms with E-state index in [-0.39, 0.29) is 5.97 Å². The minimum Gasteiger partial charge on any atom is -0.455 e. The highest BCUT2D eigenvalue weighted by Crippen LogP contribution is 2.21. The van der Waals surface area contributed by atoms with Crippen molar-refractivity contribution in [2.75, 3.05) is 0 Å². The molecule has 0 saturated heterocycles. The number of hydrogen-bond donors (Lipinski definition) is 0. The molecule has 0 bridgehead atoms. The fourth-order valence-electron chi connectivity index (χ4n) is 1.67. The molecule has 0 aromatic heterocycles. The lowest BCUT2D eigenvalue weighted by molar-refractivity contribution is -0.154. The average molecular weight is 252 g/mol. The fourth-order valence-corrected chi connectivity index (χ4v) is 1.67. The van der Waals surface area contributed by atoms with Gasteiger partial charge in [0.25, 0.3) is 0 Å². The SMILES string of the molecule is C=CC(C)(CCC=C(C)C)OC(=O)CCCCC. The van der Waals surface area contributed by atoms with Crippen LogP contribution in [0, 0.1) is 0 Å². The first-order chi connectivity index (χ1) is 8.43. The molecule has 0 aliphatic carbocycles. The molecule has 104 valence electrons. The largest absolute Gasteiger partial charge is 0.455 e. The zero-order valence-corrected chi connectivity index (χ0v) is 12.4. The van der Waals surface area contributed by atoms with Gasteiger partial charge in [0.2, 0.25) is 0 Å². The van der Waals surface area contributed by atoms with Gasteiger partial charge in [-0.2, -0.15) is 0 Å². The topological polar surface area (TPSA) is 26.3 Å². The van der Waals surface area contributed by atoms with E-state index in [2.05, 4.69) is 33.4 Å². The molecule has 0 aromatic carbocycles. The van der Waals surface area contributed by atoms with Gasteiger partial charge in [-0.15, -0.1) is 0 Å². The smallest absolute Gasteiger partial charge is 0.306 e. The van der Waals surface area contributed by atoms with Gasteiger partial charge in [-0.05, 0) is 46.1 Å². The molecule has 2 nitrogen and oxygen atoms in total. The third-order valence-corrected chi connectivity index (χ3v) is 2.96. The third kappa shape index (κ3) is 8.10. The molecule has 0 saturated carbocycles. The van der Waals surface area contributed by atoms with Crippen molar-refractivity contribution in [3.8, 4) is 0 Å². The van der Waals surface area contributed by atoms with E-state index in [0.29, 0.717) is 6.42 Å². The molecule has 0 radical (unpaired) electrons. The highest BCUT2D eigenvalue weighted by atomic mass is 16.6. The van der Waals surface area contributed by atoms with Gasteiger partial charge in [0, 0.05) is 6.42 Å². The number of ether oxygens (including phenoxy) is 1. The number of unbranched alkanes of at least 4 members (excludes halogenated alkanes) is 2.